The van der Waals surface area contributed by atoms with E-state index >= 15 is 0 Å². The molecular formula is C12H16OS. The molecule has 14 heavy (non-hydrogen) atoms. The summed E-state index contributed by atoms with van der Waals surface area (Å²) in [5.41, 5.74) is 1.14. The van der Waals surface area contributed by atoms with Gasteiger partial charge in [0, 0.05) is 5.56 Å². The fraction of sp³-hybridized carbons (Fsp3) is 0.333. The first-order chi connectivity index (χ1) is 6.88. The molecule has 76 valence electrons. The molecule has 0 amide bonds. The molecule has 0 N–H and O–H groups in total. The van der Waals surface area contributed by atoms with Gasteiger partial charge in [-0.3, -0.25) is 0 Å². The lowest BCUT2D eigenvalue weighted by Crippen LogP contribution is -1.93. The molecule has 1 aromatic rings. The number of allylic oxidation sites excluding steroid dienone is 1. The van der Waals surface area contributed by atoms with Gasteiger partial charge in [0.1, 0.15) is 5.75 Å². The van der Waals surface area contributed by atoms with Crippen LogP contribution < -0.4 is 4.74 Å². The first-order valence-electron chi connectivity index (χ1n) is 4.87. The highest BCUT2D eigenvalue weighted by molar-refractivity contribution is 7.80. The number of hydrogen-bond acceptors (Lipinski definition) is 2. The van der Waals surface area contributed by atoms with Crippen molar-refractivity contribution in [3.05, 3.63) is 35.9 Å². The van der Waals surface area contributed by atoms with Crippen LogP contribution in [0.15, 0.2) is 30.3 Å². The van der Waals surface area contributed by atoms with Crippen molar-refractivity contribution in [2.45, 2.75) is 13.3 Å². The van der Waals surface area contributed by atoms with Gasteiger partial charge in [-0.1, -0.05) is 30.4 Å². The van der Waals surface area contributed by atoms with Gasteiger partial charge in [-0.25, -0.2) is 0 Å². The third-order valence-corrected chi connectivity index (χ3v) is 2.07. The molecule has 1 rings (SSSR count). The van der Waals surface area contributed by atoms with E-state index in [0.29, 0.717) is 6.61 Å². The Labute approximate surface area is 91.2 Å². The van der Waals surface area contributed by atoms with E-state index in [4.69, 9.17) is 4.74 Å². The van der Waals surface area contributed by atoms with Gasteiger partial charge in [0.15, 0.2) is 0 Å². The van der Waals surface area contributed by atoms with Crippen molar-refractivity contribution in [1.82, 2.24) is 0 Å². The normalized spacial score (nSPS) is 10.7. The summed E-state index contributed by atoms with van der Waals surface area (Å²) < 4.78 is 5.50. The molecule has 2 heteroatoms. The quantitative estimate of drug-likeness (QED) is 0.729. The van der Waals surface area contributed by atoms with Gasteiger partial charge in [-0.05, 0) is 25.2 Å². The van der Waals surface area contributed by atoms with E-state index in [1.54, 1.807) is 0 Å². The van der Waals surface area contributed by atoms with Crippen molar-refractivity contribution in [2.24, 2.45) is 0 Å². The third kappa shape index (κ3) is 3.46. The number of rotatable bonds is 5. The summed E-state index contributed by atoms with van der Waals surface area (Å²) in [5.74, 6) is 1.83. The monoisotopic (exact) mass is 208 g/mol. The van der Waals surface area contributed by atoms with Crippen LogP contribution >= 0.6 is 12.6 Å². The van der Waals surface area contributed by atoms with Gasteiger partial charge < -0.3 is 4.74 Å². The van der Waals surface area contributed by atoms with Gasteiger partial charge in [0.05, 0.1) is 6.61 Å². The summed E-state index contributed by atoms with van der Waals surface area (Å²) in [4.78, 5) is 0. The van der Waals surface area contributed by atoms with Crippen LogP contribution in [0, 0.1) is 0 Å². The molecule has 0 saturated heterocycles. The van der Waals surface area contributed by atoms with E-state index in [-0.39, 0.29) is 0 Å². The maximum atomic E-state index is 5.50. The Bertz CT molecular complexity index is 294. The Hall–Kier alpha value is -0.890. The summed E-state index contributed by atoms with van der Waals surface area (Å²) >= 11 is 4.15. The van der Waals surface area contributed by atoms with E-state index in [2.05, 4.69) is 30.8 Å². The topological polar surface area (TPSA) is 9.23 Å². The van der Waals surface area contributed by atoms with Gasteiger partial charge in [-0.15, -0.1) is 0 Å². The minimum Gasteiger partial charge on any atom is -0.493 e. The number of hydrogen-bond donors (Lipinski definition) is 1. The smallest absolute Gasteiger partial charge is 0.126 e. The molecule has 0 bridgehead atoms. The number of para-hydroxylation sites is 1. The van der Waals surface area contributed by atoms with Gasteiger partial charge in [0.25, 0.3) is 0 Å². The zero-order chi connectivity index (χ0) is 10.2. The van der Waals surface area contributed by atoms with E-state index in [1.807, 2.05) is 25.1 Å². The van der Waals surface area contributed by atoms with E-state index in [0.717, 1.165) is 23.5 Å². The van der Waals surface area contributed by atoms with E-state index in [9.17, 15) is 0 Å². The fourth-order valence-electron chi connectivity index (χ4n) is 1.19. The number of benzene rings is 1. The Morgan fingerprint density at radius 3 is 2.86 bits per heavy atom. The van der Waals surface area contributed by atoms with Gasteiger partial charge >= 0.3 is 0 Å². The van der Waals surface area contributed by atoms with Crippen LogP contribution in [-0.4, -0.2) is 12.4 Å². The molecular weight excluding hydrogens is 192 g/mol. The second-order valence-electron chi connectivity index (χ2n) is 2.89. The molecule has 1 aromatic carbocycles. The summed E-state index contributed by atoms with van der Waals surface area (Å²) in [6, 6.07) is 8.05. The molecule has 0 heterocycles. The number of thiol groups is 1. The largest absolute Gasteiger partial charge is 0.493 e. The SMILES string of the molecule is CCOc1ccccc1C=CCCS. The maximum Gasteiger partial charge on any atom is 0.126 e. The van der Waals surface area contributed by atoms with Crippen molar-refractivity contribution >= 4 is 18.7 Å². The Balaban J connectivity index is 2.73. The first-order valence-corrected chi connectivity index (χ1v) is 5.51. The highest BCUT2D eigenvalue weighted by Gasteiger charge is 1.96. The fourth-order valence-corrected chi connectivity index (χ4v) is 1.34. The predicted octanol–water partition coefficient (Wildman–Crippen LogP) is 3.42. The molecule has 1 nitrogen and oxygen atoms in total. The van der Waals surface area contributed by atoms with Crippen LogP contribution in [0.1, 0.15) is 18.9 Å². The second-order valence-corrected chi connectivity index (χ2v) is 3.33. The highest BCUT2D eigenvalue weighted by atomic mass is 32.1. The average Bonchev–Trinajstić information content (AvgIpc) is 2.21. The molecule has 0 fully saturated rings. The minimum atomic E-state index is 0.706. The van der Waals surface area contributed by atoms with Crippen molar-refractivity contribution < 1.29 is 4.74 Å². The second kappa shape index (κ2) is 6.55. The zero-order valence-corrected chi connectivity index (χ0v) is 9.34. The molecule has 0 aliphatic carbocycles. The lowest BCUT2D eigenvalue weighted by Gasteiger charge is -2.05. The molecule has 0 aromatic heterocycles. The van der Waals surface area contributed by atoms with Crippen molar-refractivity contribution in [3.63, 3.8) is 0 Å². The molecule has 0 aliphatic heterocycles. The molecule has 0 atom stereocenters. The van der Waals surface area contributed by atoms with E-state index < -0.39 is 0 Å². The predicted molar refractivity (Wildman–Crippen MR) is 65.1 cm³/mol. The van der Waals surface area contributed by atoms with Crippen molar-refractivity contribution in [3.8, 4) is 5.75 Å². The van der Waals surface area contributed by atoms with Crippen molar-refractivity contribution in [2.75, 3.05) is 12.4 Å². The summed E-state index contributed by atoms with van der Waals surface area (Å²) in [6.07, 6.45) is 5.19. The van der Waals surface area contributed by atoms with Crippen LogP contribution in [-0.2, 0) is 0 Å². The van der Waals surface area contributed by atoms with Gasteiger partial charge in [-0.2, -0.15) is 12.6 Å². The Kier molecular flexibility index (Phi) is 5.23. The van der Waals surface area contributed by atoms with Gasteiger partial charge in [0.2, 0.25) is 0 Å². The molecule has 0 spiro atoms. The van der Waals surface area contributed by atoms with Crippen LogP contribution in [0.2, 0.25) is 0 Å². The van der Waals surface area contributed by atoms with E-state index in [1.165, 1.54) is 0 Å². The standard InChI is InChI=1S/C12H16OS/c1-2-13-12-9-4-3-7-11(12)8-5-6-10-14/h3-5,7-9,14H,2,6,10H2,1H3. The highest BCUT2D eigenvalue weighted by Crippen LogP contribution is 2.19. The molecule has 0 saturated carbocycles. The van der Waals surface area contributed by atoms with Crippen molar-refractivity contribution in [1.29, 1.82) is 0 Å². The van der Waals surface area contributed by atoms with Crippen LogP contribution in [0.3, 0.4) is 0 Å². The summed E-state index contributed by atoms with van der Waals surface area (Å²) in [6.45, 7) is 2.70. The molecule has 0 aliphatic rings. The Morgan fingerprint density at radius 1 is 1.36 bits per heavy atom. The lowest BCUT2D eigenvalue weighted by atomic mass is 10.2. The maximum absolute atomic E-state index is 5.50. The first kappa shape index (κ1) is 11.2. The number of ether oxygens (including phenoxy) is 1. The molecule has 0 radical (unpaired) electrons. The summed E-state index contributed by atoms with van der Waals surface area (Å²) in [7, 11) is 0. The Morgan fingerprint density at radius 2 is 2.14 bits per heavy atom. The minimum absolute atomic E-state index is 0.706. The lowest BCUT2D eigenvalue weighted by molar-refractivity contribution is 0.339. The summed E-state index contributed by atoms with van der Waals surface area (Å²) in [5, 5.41) is 0. The zero-order valence-electron chi connectivity index (χ0n) is 8.44. The van der Waals surface area contributed by atoms with Crippen LogP contribution in [0.5, 0.6) is 5.75 Å². The molecule has 0 unspecified atom stereocenters. The third-order valence-electron chi connectivity index (χ3n) is 1.81. The van der Waals surface area contributed by atoms with Crippen LogP contribution in [0.25, 0.3) is 6.08 Å². The van der Waals surface area contributed by atoms with Crippen LogP contribution in [0.4, 0.5) is 0 Å². The average molecular weight is 208 g/mol.